The number of pyridine rings is 2. The molecular formula is C42H56F6N10O6. The van der Waals surface area contributed by atoms with Crippen molar-refractivity contribution >= 4 is 11.8 Å². The number of aromatic nitrogens is 6. The fourth-order valence-electron chi connectivity index (χ4n) is 7.41. The van der Waals surface area contributed by atoms with Crippen LogP contribution < -0.4 is 29.6 Å². The van der Waals surface area contributed by atoms with Gasteiger partial charge in [0.05, 0.1) is 23.2 Å². The highest BCUT2D eigenvalue weighted by molar-refractivity contribution is 5.83. The first-order chi connectivity index (χ1) is 29.7. The van der Waals surface area contributed by atoms with Gasteiger partial charge in [-0.15, -0.1) is 26.3 Å². The molecule has 4 aromatic heterocycles. The maximum atomic E-state index is 13.1. The van der Waals surface area contributed by atoms with E-state index in [1.54, 1.807) is 37.1 Å². The summed E-state index contributed by atoms with van der Waals surface area (Å²) in [6.45, 7) is 13.2. The number of hydrogen-bond donors (Lipinski definition) is 2. The average Bonchev–Trinajstić information content (AvgIpc) is 3.94. The molecule has 2 aliphatic heterocycles. The Morgan fingerprint density at radius 3 is 1.31 bits per heavy atom. The number of carbonyl (C=O) groups is 2. The number of alkyl halides is 6. The summed E-state index contributed by atoms with van der Waals surface area (Å²) >= 11 is 0. The lowest BCUT2D eigenvalue weighted by atomic mass is 9.90. The van der Waals surface area contributed by atoms with Crippen molar-refractivity contribution in [1.82, 2.24) is 50.0 Å². The number of nitrogens with one attached hydrogen (secondary N) is 2. The number of carbonyl (C=O) groups excluding carboxylic acids is 2. The van der Waals surface area contributed by atoms with Gasteiger partial charge < -0.3 is 39.4 Å². The van der Waals surface area contributed by atoms with E-state index in [9.17, 15) is 35.9 Å². The summed E-state index contributed by atoms with van der Waals surface area (Å²) in [5, 5.41) is 14.8. The number of rotatable bonds is 14. The van der Waals surface area contributed by atoms with Crippen LogP contribution in [0.2, 0.25) is 0 Å². The first-order valence-electron chi connectivity index (χ1n) is 20.4. The number of likely N-dealkylation sites (N-methyl/N-ethyl adjacent to an activating group) is 2. The van der Waals surface area contributed by atoms with Crippen LogP contribution in [0.3, 0.4) is 0 Å². The van der Waals surface area contributed by atoms with Crippen LogP contribution in [-0.4, -0.2) is 129 Å². The summed E-state index contributed by atoms with van der Waals surface area (Å²) in [5.41, 5.74) is 2.20. The van der Waals surface area contributed by atoms with Crippen molar-refractivity contribution in [2.45, 2.75) is 78.2 Å². The minimum atomic E-state index is -4.87. The second-order valence-electron chi connectivity index (χ2n) is 17.5. The zero-order valence-corrected chi connectivity index (χ0v) is 37.5. The average molecular weight is 911 g/mol. The van der Waals surface area contributed by atoms with Crippen molar-refractivity contribution in [3.63, 3.8) is 0 Å². The van der Waals surface area contributed by atoms with Crippen molar-refractivity contribution in [1.29, 1.82) is 0 Å². The van der Waals surface area contributed by atoms with Crippen LogP contribution in [0.5, 0.6) is 23.3 Å². The van der Waals surface area contributed by atoms with Crippen molar-refractivity contribution in [2.24, 2.45) is 24.9 Å². The van der Waals surface area contributed by atoms with E-state index in [0.717, 1.165) is 47.7 Å². The summed E-state index contributed by atoms with van der Waals surface area (Å²) in [5.74, 6) is -2.13. The molecule has 2 aliphatic rings. The molecule has 2 amide bonds. The molecule has 0 radical (unpaired) electrons. The van der Waals surface area contributed by atoms with Crippen molar-refractivity contribution < 1.29 is 54.9 Å². The Kier molecular flexibility index (Phi) is 15.1. The van der Waals surface area contributed by atoms with Gasteiger partial charge in [0, 0.05) is 88.0 Å². The Balaban J connectivity index is 0.000000241. The number of ether oxygens (including phenoxy) is 4. The van der Waals surface area contributed by atoms with Gasteiger partial charge in [0.1, 0.15) is 13.2 Å². The highest BCUT2D eigenvalue weighted by atomic mass is 19.4. The van der Waals surface area contributed by atoms with E-state index < -0.39 is 35.1 Å². The van der Waals surface area contributed by atoms with Crippen molar-refractivity contribution in [3.05, 3.63) is 71.6 Å². The fourth-order valence-corrected chi connectivity index (χ4v) is 7.41. The molecule has 2 saturated heterocycles. The zero-order chi connectivity index (χ0) is 47.4. The molecule has 2 fully saturated rings. The largest absolute Gasteiger partial charge is 0.573 e. The molecular weight excluding hydrogens is 855 g/mol. The number of aryl methyl sites for hydroxylation is 2. The smallest absolute Gasteiger partial charge is 0.474 e. The molecule has 0 aliphatic carbocycles. The van der Waals surface area contributed by atoms with Gasteiger partial charge in [0.15, 0.2) is 11.5 Å². The molecule has 4 atom stereocenters. The molecule has 6 heterocycles. The third kappa shape index (κ3) is 12.8. The van der Waals surface area contributed by atoms with E-state index in [1.165, 1.54) is 24.5 Å². The standard InChI is InChI=1S/2C21H28F3N5O3/c2*1-13-14(9-26-29(13)5)15-10-28(4)11-16(15)27-19(30)20(2,3)12-31-18-17(7-6-8-25-18)32-21(22,23)24/h2*6-9,15-16H,10-12H2,1-5H3,(H,27,30)/t2*15-,16+/m10/s1. The number of nitrogens with zero attached hydrogens (tertiary/aromatic N) is 8. The predicted octanol–water partition coefficient (Wildman–Crippen LogP) is 5.28. The lowest BCUT2D eigenvalue weighted by Crippen LogP contribution is -2.48. The molecule has 0 aromatic carbocycles. The van der Waals surface area contributed by atoms with Gasteiger partial charge in [0.25, 0.3) is 11.8 Å². The Morgan fingerprint density at radius 1 is 0.641 bits per heavy atom. The van der Waals surface area contributed by atoms with Gasteiger partial charge >= 0.3 is 12.7 Å². The van der Waals surface area contributed by atoms with Crippen LogP contribution in [0, 0.1) is 24.7 Å². The molecule has 0 unspecified atom stereocenters. The Morgan fingerprint density at radius 2 is 1.00 bits per heavy atom. The van der Waals surface area contributed by atoms with Crippen molar-refractivity contribution in [3.8, 4) is 23.3 Å². The second-order valence-corrected chi connectivity index (χ2v) is 17.5. The third-order valence-electron chi connectivity index (χ3n) is 11.3. The molecule has 22 heteroatoms. The Labute approximate surface area is 367 Å². The Bertz CT molecular complexity index is 2070. The fraction of sp³-hybridized carbons (Fsp3) is 0.571. The van der Waals surface area contributed by atoms with Crippen molar-refractivity contribution in [2.75, 3.05) is 53.5 Å². The highest BCUT2D eigenvalue weighted by Gasteiger charge is 2.41. The van der Waals surface area contributed by atoms with Gasteiger partial charge in [0.2, 0.25) is 11.8 Å². The summed E-state index contributed by atoms with van der Waals surface area (Å²) in [6.07, 6.45) is -3.50. The predicted molar refractivity (Wildman–Crippen MR) is 221 cm³/mol. The van der Waals surface area contributed by atoms with Crippen LogP contribution in [0.1, 0.15) is 62.0 Å². The molecule has 0 spiro atoms. The highest BCUT2D eigenvalue weighted by Crippen LogP contribution is 2.35. The molecule has 6 rings (SSSR count). The second kappa shape index (κ2) is 19.6. The zero-order valence-electron chi connectivity index (χ0n) is 37.5. The van der Waals surface area contributed by atoms with Crippen LogP contribution in [0.4, 0.5) is 26.3 Å². The first kappa shape index (κ1) is 49.4. The monoisotopic (exact) mass is 910 g/mol. The molecule has 0 bridgehead atoms. The van der Waals surface area contributed by atoms with Gasteiger partial charge in [-0.1, -0.05) is 0 Å². The van der Waals surface area contributed by atoms with Crippen LogP contribution in [0.25, 0.3) is 0 Å². The summed E-state index contributed by atoms with van der Waals surface area (Å²) in [6, 6.07) is 4.57. The van der Waals surface area contributed by atoms with Gasteiger partial charge in [-0.3, -0.25) is 19.0 Å². The van der Waals surface area contributed by atoms with Gasteiger partial charge in [-0.2, -0.15) is 10.2 Å². The molecule has 64 heavy (non-hydrogen) atoms. The quantitative estimate of drug-likeness (QED) is 0.158. The van der Waals surface area contributed by atoms with Gasteiger partial charge in [-0.25, -0.2) is 9.97 Å². The SMILES string of the molecule is Cc1c([C@@H]2CN(C)C[C@H]2NC(=O)C(C)(C)COc2ncccc2OC(F)(F)F)cnn1C.Cc1c([C@H]2CN(C)C[C@@H]2NC(=O)C(C)(C)COc2ncccc2OC(F)(F)F)cnn1C. The lowest BCUT2D eigenvalue weighted by molar-refractivity contribution is -0.276. The molecule has 16 nitrogen and oxygen atoms in total. The first-order valence-corrected chi connectivity index (χ1v) is 20.4. The summed E-state index contributed by atoms with van der Waals surface area (Å²) < 4.78 is 98.1. The van der Waals surface area contributed by atoms with Crippen LogP contribution in [0.15, 0.2) is 49.1 Å². The molecule has 2 N–H and O–H groups in total. The number of hydrogen-bond acceptors (Lipinski definition) is 12. The minimum absolute atomic E-state index is 0.0805. The Hall–Kier alpha value is -5.64. The molecule has 352 valence electrons. The maximum Gasteiger partial charge on any atom is 0.573 e. The van der Waals surface area contributed by atoms with E-state index in [-0.39, 0.29) is 60.7 Å². The molecule has 0 saturated carbocycles. The summed E-state index contributed by atoms with van der Waals surface area (Å²) in [7, 11) is 7.73. The number of likely N-dealkylation sites (tertiary alicyclic amines) is 2. The maximum absolute atomic E-state index is 13.1. The van der Waals surface area contributed by atoms with E-state index in [2.05, 4.69) is 50.1 Å². The van der Waals surface area contributed by atoms with E-state index in [4.69, 9.17) is 9.47 Å². The minimum Gasteiger partial charge on any atom is -0.474 e. The molecule has 4 aromatic rings. The van der Waals surface area contributed by atoms with Crippen LogP contribution in [-0.2, 0) is 23.7 Å². The van der Waals surface area contributed by atoms with Gasteiger partial charge in [-0.05, 0) is 91.0 Å². The van der Waals surface area contributed by atoms with Crippen LogP contribution >= 0.6 is 0 Å². The number of amides is 2. The normalized spacial score (nSPS) is 19.8. The summed E-state index contributed by atoms with van der Waals surface area (Å²) in [4.78, 5) is 38.0. The lowest BCUT2D eigenvalue weighted by Gasteiger charge is -2.28. The number of halogens is 6. The van der Waals surface area contributed by atoms with E-state index in [1.807, 2.05) is 54.4 Å². The van der Waals surface area contributed by atoms with E-state index in [0.29, 0.717) is 13.1 Å². The topological polar surface area (TPSA) is 163 Å². The third-order valence-corrected chi connectivity index (χ3v) is 11.3. The van der Waals surface area contributed by atoms with E-state index >= 15 is 0 Å².